The van der Waals surface area contributed by atoms with Gasteiger partial charge in [-0.15, -0.1) is 0 Å². The standard InChI is InChI=1S/C20H20BrClN2O3/c1-13(27-18-9-8-14(22)12-16(18)21)19(25)23-17-7-3-2-6-15(17)20(26)24-10-4-5-11-24/h2-3,6-9,12-13H,4-5,10-11H2,1H3,(H,23,25)/t13-/m0/s1. The van der Waals surface area contributed by atoms with E-state index in [1.54, 1.807) is 49.4 Å². The summed E-state index contributed by atoms with van der Waals surface area (Å²) in [6, 6.07) is 12.1. The topological polar surface area (TPSA) is 58.6 Å². The summed E-state index contributed by atoms with van der Waals surface area (Å²) in [4.78, 5) is 27.1. The molecule has 0 saturated carbocycles. The number of carbonyl (C=O) groups excluding carboxylic acids is 2. The number of hydrogen-bond acceptors (Lipinski definition) is 3. The van der Waals surface area contributed by atoms with E-state index in [2.05, 4.69) is 21.2 Å². The van der Waals surface area contributed by atoms with Gasteiger partial charge in [0.05, 0.1) is 15.7 Å². The van der Waals surface area contributed by atoms with Gasteiger partial charge in [-0.2, -0.15) is 0 Å². The highest BCUT2D eigenvalue weighted by atomic mass is 79.9. The van der Waals surface area contributed by atoms with Crippen molar-refractivity contribution < 1.29 is 14.3 Å². The molecule has 1 aliphatic rings. The van der Waals surface area contributed by atoms with Crippen molar-refractivity contribution in [3.8, 4) is 5.75 Å². The number of carbonyl (C=O) groups is 2. The van der Waals surface area contributed by atoms with E-state index in [1.165, 1.54) is 0 Å². The van der Waals surface area contributed by atoms with Crippen molar-refractivity contribution in [2.24, 2.45) is 0 Å². The number of amides is 2. The first-order chi connectivity index (χ1) is 13.0. The molecule has 142 valence electrons. The predicted molar refractivity (Wildman–Crippen MR) is 109 cm³/mol. The first kappa shape index (κ1) is 19.7. The molecule has 1 atom stereocenters. The van der Waals surface area contributed by atoms with Crippen LogP contribution in [0.3, 0.4) is 0 Å². The molecule has 1 N–H and O–H groups in total. The average molecular weight is 452 g/mol. The maximum Gasteiger partial charge on any atom is 0.265 e. The summed E-state index contributed by atoms with van der Waals surface area (Å²) in [7, 11) is 0. The lowest BCUT2D eigenvalue weighted by atomic mass is 10.1. The van der Waals surface area contributed by atoms with E-state index in [-0.39, 0.29) is 11.8 Å². The lowest BCUT2D eigenvalue weighted by Crippen LogP contribution is -2.32. The highest BCUT2D eigenvalue weighted by Crippen LogP contribution is 2.29. The molecule has 1 aliphatic heterocycles. The fourth-order valence-corrected chi connectivity index (χ4v) is 3.69. The molecule has 0 aromatic heterocycles. The normalized spacial score (nSPS) is 14.7. The number of benzene rings is 2. The van der Waals surface area contributed by atoms with Crippen molar-refractivity contribution in [2.75, 3.05) is 18.4 Å². The monoisotopic (exact) mass is 450 g/mol. The van der Waals surface area contributed by atoms with Gasteiger partial charge in [0.25, 0.3) is 11.8 Å². The number of halogens is 2. The van der Waals surface area contributed by atoms with Crippen LogP contribution in [0.5, 0.6) is 5.75 Å². The summed E-state index contributed by atoms with van der Waals surface area (Å²) in [5.74, 6) is 0.124. The summed E-state index contributed by atoms with van der Waals surface area (Å²) in [6.45, 7) is 3.16. The minimum Gasteiger partial charge on any atom is -0.480 e. The number of hydrogen-bond donors (Lipinski definition) is 1. The summed E-state index contributed by atoms with van der Waals surface area (Å²) >= 11 is 9.29. The SMILES string of the molecule is C[C@H](Oc1ccc(Cl)cc1Br)C(=O)Nc1ccccc1C(=O)N1CCCC1. The Hall–Kier alpha value is -2.05. The van der Waals surface area contributed by atoms with Gasteiger partial charge < -0.3 is 15.0 Å². The van der Waals surface area contributed by atoms with Gasteiger partial charge in [0, 0.05) is 18.1 Å². The number of para-hydroxylation sites is 1. The number of ether oxygens (including phenoxy) is 1. The van der Waals surface area contributed by atoms with E-state index in [9.17, 15) is 9.59 Å². The molecule has 5 nitrogen and oxygen atoms in total. The third-order valence-electron chi connectivity index (χ3n) is 4.38. The van der Waals surface area contributed by atoms with Crippen molar-refractivity contribution in [3.05, 3.63) is 57.5 Å². The fourth-order valence-electron chi connectivity index (χ4n) is 2.92. The molecular weight excluding hydrogens is 432 g/mol. The van der Waals surface area contributed by atoms with Crippen LogP contribution in [0.2, 0.25) is 5.02 Å². The largest absolute Gasteiger partial charge is 0.480 e. The van der Waals surface area contributed by atoms with Crippen molar-refractivity contribution in [3.63, 3.8) is 0 Å². The van der Waals surface area contributed by atoms with Crippen LogP contribution in [0.25, 0.3) is 0 Å². The van der Waals surface area contributed by atoms with Gasteiger partial charge in [-0.3, -0.25) is 9.59 Å². The van der Waals surface area contributed by atoms with Gasteiger partial charge in [-0.1, -0.05) is 23.7 Å². The predicted octanol–water partition coefficient (Wildman–Crippen LogP) is 4.74. The van der Waals surface area contributed by atoms with E-state index < -0.39 is 6.10 Å². The summed E-state index contributed by atoms with van der Waals surface area (Å²) < 4.78 is 6.39. The number of rotatable bonds is 5. The Morgan fingerprint density at radius 3 is 2.59 bits per heavy atom. The molecule has 0 bridgehead atoms. The Bertz CT molecular complexity index is 853. The van der Waals surface area contributed by atoms with Gasteiger partial charge in [0.2, 0.25) is 0 Å². The number of likely N-dealkylation sites (tertiary alicyclic amines) is 1. The van der Waals surface area contributed by atoms with E-state index in [1.807, 2.05) is 4.90 Å². The van der Waals surface area contributed by atoms with Crippen LogP contribution >= 0.6 is 27.5 Å². The molecule has 2 amide bonds. The second-order valence-corrected chi connectivity index (χ2v) is 7.66. The van der Waals surface area contributed by atoms with Gasteiger partial charge in [0.1, 0.15) is 5.75 Å². The molecule has 0 unspecified atom stereocenters. The minimum absolute atomic E-state index is 0.0579. The molecule has 27 heavy (non-hydrogen) atoms. The van der Waals surface area contributed by atoms with Gasteiger partial charge >= 0.3 is 0 Å². The summed E-state index contributed by atoms with van der Waals surface area (Å²) in [6.07, 6.45) is 1.28. The zero-order chi connectivity index (χ0) is 19.4. The van der Waals surface area contributed by atoms with Gasteiger partial charge in [-0.05, 0) is 66.0 Å². The second kappa shape index (κ2) is 8.76. The van der Waals surface area contributed by atoms with Gasteiger partial charge in [-0.25, -0.2) is 0 Å². The summed E-state index contributed by atoms with van der Waals surface area (Å²) in [5, 5.41) is 3.38. The van der Waals surface area contributed by atoms with E-state index >= 15 is 0 Å². The van der Waals surface area contributed by atoms with Crippen LogP contribution < -0.4 is 10.1 Å². The van der Waals surface area contributed by atoms with E-state index in [4.69, 9.17) is 16.3 Å². The van der Waals surface area contributed by atoms with Crippen LogP contribution in [-0.2, 0) is 4.79 Å². The first-order valence-corrected chi connectivity index (χ1v) is 9.93. The maximum absolute atomic E-state index is 12.7. The van der Waals surface area contributed by atoms with Crippen LogP contribution in [0, 0.1) is 0 Å². The zero-order valence-electron chi connectivity index (χ0n) is 14.9. The third-order valence-corrected chi connectivity index (χ3v) is 5.23. The van der Waals surface area contributed by atoms with Crippen LogP contribution in [0.1, 0.15) is 30.1 Å². The Balaban J connectivity index is 1.71. The molecule has 1 fully saturated rings. The van der Waals surface area contributed by atoms with Crippen molar-refractivity contribution >= 4 is 45.0 Å². The molecule has 1 heterocycles. The number of anilines is 1. The van der Waals surface area contributed by atoms with Crippen molar-refractivity contribution in [1.82, 2.24) is 4.90 Å². The highest BCUT2D eigenvalue weighted by Gasteiger charge is 2.23. The number of nitrogens with zero attached hydrogens (tertiary/aromatic N) is 1. The van der Waals surface area contributed by atoms with Crippen molar-refractivity contribution in [1.29, 1.82) is 0 Å². The van der Waals surface area contributed by atoms with Crippen LogP contribution in [0.4, 0.5) is 5.69 Å². The summed E-state index contributed by atoms with van der Waals surface area (Å²) in [5.41, 5.74) is 0.984. The lowest BCUT2D eigenvalue weighted by molar-refractivity contribution is -0.122. The first-order valence-electron chi connectivity index (χ1n) is 8.76. The van der Waals surface area contributed by atoms with Crippen LogP contribution in [0.15, 0.2) is 46.9 Å². The average Bonchev–Trinajstić information content (AvgIpc) is 3.18. The Kier molecular flexibility index (Phi) is 6.39. The molecule has 1 saturated heterocycles. The third kappa shape index (κ3) is 4.82. The van der Waals surface area contributed by atoms with E-state index in [0.717, 1.165) is 25.9 Å². The zero-order valence-corrected chi connectivity index (χ0v) is 17.2. The minimum atomic E-state index is -0.752. The van der Waals surface area contributed by atoms with Crippen LogP contribution in [-0.4, -0.2) is 35.9 Å². The molecule has 3 rings (SSSR count). The fraction of sp³-hybridized carbons (Fsp3) is 0.300. The maximum atomic E-state index is 12.7. The smallest absolute Gasteiger partial charge is 0.265 e. The molecule has 2 aromatic rings. The molecule has 0 aliphatic carbocycles. The van der Waals surface area contributed by atoms with Gasteiger partial charge in [0.15, 0.2) is 6.10 Å². The second-order valence-electron chi connectivity index (χ2n) is 6.37. The Labute approximate surface area is 171 Å². The Morgan fingerprint density at radius 2 is 1.89 bits per heavy atom. The lowest BCUT2D eigenvalue weighted by Gasteiger charge is -2.19. The molecular formula is C20H20BrClN2O3. The Morgan fingerprint density at radius 1 is 1.19 bits per heavy atom. The molecule has 0 spiro atoms. The number of nitrogens with one attached hydrogen (secondary N) is 1. The molecule has 7 heteroatoms. The van der Waals surface area contributed by atoms with E-state index in [0.29, 0.717) is 26.5 Å². The van der Waals surface area contributed by atoms with Crippen molar-refractivity contribution in [2.45, 2.75) is 25.9 Å². The molecule has 2 aromatic carbocycles. The molecule has 0 radical (unpaired) electrons. The highest BCUT2D eigenvalue weighted by molar-refractivity contribution is 9.10. The quantitative estimate of drug-likeness (QED) is 0.714.